The molecule has 0 radical (unpaired) electrons. The Morgan fingerprint density at radius 2 is 2.16 bits per heavy atom. The molecule has 1 saturated heterocycles. The van der Waals surface area contributed by atoms with Crippen molar-refractivity contribution in [1.82, 2.24) is 0 Å². The zero-order valence-corrected chi connectivity index (χ0v) is 10.4. The van der Waals surface area contributed by atoms with Crippen LogP contribution >= 0.6 is 0 Å². The quantitative estimate of drug-likeness (QED) is 0.275. The third-order valence-electron chi connectivity index (χ3n) is 2.99. The van der Waals surface area contributed by atoms with Crippen LogP contribution in [0.1, 0.15) is 5.56 Å². The minimum atomic E-state index is -0.419. The van der Waals surface area contributed by atoms with Gasteiger partial charge in [-0.1, -0.05) is 5.11 Å². The minimum absolute atomic E-state index is 0.0243. The SMILES string of the molecule is Cc1cc([N+](=O)[O-])c(N2CCOCC2)cc1N=[N+]=[N-]. The summed E-state index contributed by atoms with van der Waals surface area (Å²) >= 11 is 0. The lowest BCUT2D eigenvalue weighted by Crippen LogP contribution is -2.36. The van der Waals surface area contributed by atoms with Crippen molar-refractivity contribution in [1.29, 1.82) is 0 Å². The summed E-state index contributed by atoms with van der Waals surface area (Å²) in [5.41, 5.74) is 10.0. The molecular formula is C11H13N5O3. The molecular weight excluding hydrogens is 250 g/mol. The maximum absolute atomic E-state index is 11.1. The highest BCUT2D eigenvalue weighted by molar-refractivity contribution is 5.71. The third kappa shape index (κ3) is 2.75. The number of benzene rings is 1. The average Bonchev–Trinajstić information content (AvgIpc) is 2.41. The van der Waals surface area contributed by atoms with Crippen LogP contribution in [0.3, 0.4) is 0 Å². The van der Waals surface area contributed by atoms with Gasteiger partial charge >= 0.3 is 0 Å². The smallest absolute Gasteiger partial charge is 0.292 e. The van der Waals surface area contributed by atoms with E-state index in [0.29, 0.717) is 43.2 Å². The highest BCUT2D eigenvalue weighted by Crippen LogP contribution is 2.35. The Bertz CT molecular complexity index is 548. The second-order valence-corrected chi connectivity index (χ2v) is 4.17. The number of anilines is 1. The van der Waals surface area contributed by atoms with Crippen LogP contribution in [0.4, 0.5) is 17.1 Å². The highest BCUT2D eigenvalue weighted by Gasteiger charge is 2.22. The van der Waals surface area contributed by atoms with E-state index in [1.165, 1.54) is 6.07 Å². The zero-order valence-electron chi connectivity index (χ0n) is 10.4. The first-order valence-corrected chi connectivity index (χ1v) is 5.80. The number of hydrogen-bond acceptors (Lipinski definition) is 5. The van der Waals surface area contributed by atoms with Crippen LogP contribution in [0.25, 0.3) is 10.4 Å². The van der Waals surface area contributed by atoms with Gasteiger partial charge in [-0.3, -0.25) is 10.1 Å². The van der Waals surface area contributed by atoms with Crippen molar-refractivity contribution in [3.05, 3.63) is 38.3 Å². The van der Waals surface area contributed by atoms with Crippen molar-refractivity contribution in [3.8, 4) is 0 Å². The number of azide groups is 1. The Morgan fingerprint density at radius 3 is 2.74 bits per heavy atom. The van der Waals surface area contributed by atoms with Crippen molar-refractivity contribution in [2.45, 2.75) is 6.92 Å². The van der Waals surface area contributed by atoms with Gasteiger partial charge in [0, 0.05) is 29.8 Å². The lowest BCUT2D eigenvalue weighted by Gasteiger charge is -2.28. The van der Waals surface area contributed by atoms with Crippen molar-refractivity contribution >= 4 is 17.1 Å². The van der Waals surface area contributed by atoms with E-state index < -0.39 is 4.92 Å². The molecule has 8 heteroatoms. The van der Waals surface area contributed by atoms with Gasteiger partial charge in [-0.2, -0.15) is 0 Å². The van der Waals surface area contributed by atoms with Crippen LogP contribution < -0.4 is 4.90 Å². The Morgan fingerprint density at radius 1 is 1.47 bits per heavy atom. The predicted octanol–water partition coefficient (Wildman–Crippen LogP) is 2.68. The van der Waals surface area contributed by atoms with Gasteiger partial charge in [-0.25, -0.2) is 0 Å². The van der Waals surface area contributed by atoms with E-state index in [9.17, 15) is 10.1 Å². The molecule has 0 atom stereocenters. The molecule has 100 valence electrons. The molecule has 19 heavy (non-hydrogen) atoms. The van der Waals surface area contributed by atoms with Gasteiger partial charge < -0.3 is 9.64 Å². The average molecular weight is 263 g/mol. The summed E-state index contributed by atoms with van der Waals surface area (Å²) < 4.78 is 5.23. The molecule has 0 bridgehead atoms. The van der Waals surface area contributed by atoms with Gasteiger partial charge in [-0.15, -0.1) is 0 Å². The first kappa shape index (κ1) is 13.1. The molecule has 1 fully saturated rings. The van der Waals surface area contributed by atoms with Crippen molar-refractivity contribution in [2.24, 2.45) is 5.11 Å². The van der Waals surface area contributed by atoms with Crippen molar-refractivity contribution < 1.29 is 9.66 Å². The third-order valence-corrected chi connectivity index (χ3v) is 2.99. The molecule has 8 nitrogen and oxygen atoms in total. The fourth-order valence-electron chi connectivity index (χ4n) is 2.03. The van der Waals surface area contributed by atoms with Crippen LogP contribution in [0, 0.1) is 17.0 Å². The van der Waals surface area contributed by atoms with E-state index in [4.69, 9.17) is 10.3 Å². The second kappa shape index (κ2) is 5.55. The number of rotatable bonds is 3. The molecule has 2 rings (SSSR count). The number of nitro groups is 1. The Labute approximate surface area is 109 Å². The number of ether oxygens (including phenoxy) is 1. The Balaban J connectivity index is 2.50. The van der Waals surface area contributed by atoms with Crippen LogP contribution in [-0.4, -0.2) is 31.2 Å². The molecule has 0 spiro atoms. The summed E-state index contributed by atoms with van der Waals surface area (Å²) in [5.74, 6) is 0. The number of hydrogen-bond donors (Lipinski definition) is 0. The maximum Gasteiger partial charge on any atom is 0.292 e. The van der Waals surface area contributed by atoms with Crippen LogP contribution in [-0.2, 0) is 4.74 Å². The number of aryl methyl sites for hydroxylation is 1. The van der Waals surface area contributed by atoms with Gasteiger partial charge in [0.05, 0.1) is 18.1 Å². The summed E-state index contributed by atoms with van der Waals surface area (Å²) in [5, 5.41) is 14.7. The molecule has 0 unspecified atom stereocenters. The molecule has 0 saturated carbocycles. The van der Waals surface area contributed by atoms with E-state index in [-0.39, 0.29) is 5.69 Å². The molecule has 1 aliphatic rings. The Hall–Kier alpha value is -2.31. The topological polar surface area (TPSA) is 104 Å². The summed E-state index contributed by atoms with van der Waals surface area (Å²) in [6, 6.07) is 3.01. The van der Waals surface area contributed by atoms with Crippen LogP contribution in [0.5, 0.6) is 0 Å². The zero-order chi connectivity index (χ0) is 13.8. The summed E-state index contributed by atoms with van der Waals surface area (Å²) in [4.78, 5) is 15.3. The lowest BCUT2D eigenvalue weighted by atomic mass is 10.1. The minimum Gasteiger partial charge on any atom is -0.378 e. The largest absolute Gasteiger partial charge is 0.378 e. The molecule has 1 aromatic carbocycles. The van der Waals surface area contributed by atoms with E-state index in [1.807, 2.05) is 4.90 Å². The van der Waals surface area contributed by atoms with Crippen LogP contribution in [0.15, 0.2) is 17.2 Å². The summed E-state index contributed by atoms with van der Waals surface area (Å²) in [6.45, 7) is 3.91. The standard InChI is InChI=1S/C11H13N5O3/c1-8-6-11(16(17)18)10(7-9(8)13-14-12)15-2-4-19-5-3-15/h6-7H,2-5H2,1H3. The van der Waals surface area contributed by atoms with E-state index in [1.54, 1.807) is 13.0 Å². The highest BCUT2D eigenvalue weighted by atomic mass is 16.6. The first-order chi connectivity index (χ1) is 9.13. The second-order valence-electron chi connectivity index (χ2n) is 4.17. The number of nitrogens with zero attached hydrogens (tertiary/aromatic N) is 5. The number of nitro benzene ring substituents is 1. The molecule has 0 aliphatic carbocycles. The van der Waals surface area contributed by atoms with Crippen LogP contribution in [0.2, 0.25) is 0 Å². The predicted molar refractivity (Wildman–Crippen MR) is 69.7 cm³/mol. The molecule has 0 amide bonds. The summed E-state index contributed by atoms with van der Waals surface area (Å²) in [7, 11) is 0. The lowest BCUT2D eigenvalue weighted by molar-refractivity contribution is -0.384. The van der Waals surface area contributed by atoms with Gasteiger partial charge in [0.1, 0.15) is 5.69 Å². The molecule has 1 aromatic rings. The van der Waals surface area contributed by atoms with E-state index in [0.717, 1.165) is 0 Å². The van der Waals surface area contributed by atoms with Gasteiger partial charge in [0.15, 0.2) is 0 Å². The van der Waals surface area contributed by atoms with E-state index in [2.05, 4.69) is 10.0 Å². The van der Waals surface area contributed by atoms with Gasteiger partial charge in [0.25, 0.3) is 5.69 Å². The van der Waals surface area contributed by atoms with Gasteiger partial charge in [0.2, 0.25) is 0 Å². The molecule has 1 heterocycles. The summed E-state index contributed by atoms with van der Waals surface area (Å²) in [6.07, 6.45) is 0. The van der Waals surface area contributed by atoms with E-state index >= 15 is 0 Å². The first-order valence-electron chi connectivity index (χ1n) is 5.80. The van der Waals surface area contributed by atoms with Crippen molar-refractivity contribution in [2.75, 3.05) is 31.2 Å². The fourth-order valence-corrected chi connectivity index (χ4v) is 2.03. The Kier molecular flexibility index (Phi) is 3.84. The maximum atomic E-state index is 11.1. The normalized spacial score (nSPS) is 14.9. The fraction of sp³-hybridized carbons (Fsp3) is 0.455. The number of morpholine rings is 1. The molecule has 1 aliphatic heterocycles. The molecule has 0 N–H and O–H groups in total. The monoisotopic (exact) mass is 263 g/mol. The van der Waals surface area contributed by atoms with Gasteiger partial charge in [-0.05, 0) is 24.1 Å². The van der Waals surface area contributed by atoms with Crippen molar-refractivity contribution in [3.63, 3.8) is 0 Å². The molecule has 0 aromatic heterocycles.